The van der Waals surface area contributed by atoms with Crippen molar-refractivity contribution in [2.24, 2.45) is 0 Å². The van der Waals surface area contributed by atoms with E-state index in [-0.39, 0.29) is 4.90 Å². The maximum Gasteiger partial charge on any atom is 0.338 e. The van der Waals surface area contributed by atoms with E-state index in [0.29, 0.717) is 12.1 Å². The molecule has 0 amide bonds. The van der Waals surface area contributed by atoms with Crippen LogP contribution in [-0.4, -0.2) is 36.0 Å². The van der Waals surface area contributed by atoms with Crippen molar-refractivity contribution in [2.75, 3.05) is 6.26 Å². The molecule has 2 aromatic rings. The summed E-state index contributed by atoms with van der Waals surface area (Å²) in [5.74, 6) is -0.392. The SMILES string of the molecule is CC(C)(C)OC(=O)c1cccc(Cn2cc(S(C)(=O)=O)cn2)c1. The second-order valence-electron chi connectivity index (χ2n) is 6.35. The minimum absolute atomic E-state index is 0.167. The van der Waals surface area contributed by atoms with E-state index < -0.39 is 21.4 Å². The second kappa shape index (κ2) is 6.16. The number of benzene rings is 1. The van der Waals surface area contributed by atoms with Gasteiger partial charge in [0.15, 0.2) is 9.84 Å². The molecule has 0 saturated heterocycles. The van der Waals surface area contributed by atoms with Crippen LogP contribution in [0.25, 0.3) is 0 Å². The molecule has 1 heterocycles. The Bertz CT molecular complexity index is 817. The Hall–Kier alpha value is -2.15. The molecular weight excluding hydrogens is 316 g/mol. The zero-order valence-electron chi connectivity index (χ0n) is 13.6. The molecule has 0 aliphatic carbocycles. The van der Waals surface area contributed by atoms with E-state index in [9.17, 15) is 13.2 Å². The number of aromatic nitrogens is 2. The monoisotopic (exact) mass is 336 g/mol. The van der Waals surface area contributed by atoms with E-state index in [2.05, 4.69) is 5.10 Å². The first kappa shape index (κ1) is 17.2. The van der Waals surface area contributed by atoms with Gasteiger partial charge in [0, 0.05) is 12.5 Å². The van der Waals surface area contributed by atoms with E-state index in [1.54, 1.807) is 18.2 Å². The highest BCUT2D eigenvalue weighted by molar-refractivity contribution is 7.90. The van der Waals surface area contributed by atoms with Gasteiger partial charge in [0.05, 0.1) is 18.3 Å². The zero-order chi connectivity index (χ0) is 17.3. The van der Waals surface area contributed by atoms with Gasteiger partial charge >= 0.3 is 5.97 Å². The summed E-state index contributed by atoms with van der Waals surface area (Å²) in [6, 6.07) is 7.00. The summed E-state index contributed by atoms with van der Waals surface area (Å²) >= 11 is 0. The minimum atomic E-state index is -3.27. The fourth-order valence-corrected chi connectivity index (χ4v) is 2.50. The molecule has 1 aromatic heterocycles. The van der Waals surface area contributed by atoms with Gasteiger partial charge in [-0.05, 0) is 38.5 Å². The van der Waals surface area contributed by atoms with Gasteiger partial charge in [-0.1, -0.05) is 12.1 Å². The molecule has 0 aliphatic rings. The topological polar surface area (TPSA) is 78.3 Å². The molecule has 0 N–H and O–H groups in total. The number of ether oxygens (including phenoxy) is 1. The van der Waals surface area contributed by atoms with Gasteiger partial charge in [-0.25, -0.2) is 13.2 Å². The lowest BCUT2D eigenvalue weighted by molar-refractivity contribution is 0.00693. The summed E-state index contributed by atoms with van der Waals surface area (Å²) < 4.78 is 29.8. The molecule has 7 heteroatoms. The number of hydrogen-bond acceptors (Lipinski definition) is 5. The molecule has 0 spiro atoms. The van der Waals surface area contributed by atoms with Crippen molar-refractivity contribution in [1.82, 2.24) is 9.78 Å². The lowest BCUT2D eigenvalue weighted by Crippen LogP contribution is -2.24. The maximum absolute atomic E-state index is 12.1. The summed E-state index contributed by atoms with van der Waals surface area (Å²) in [6.07, 6.45) is 3.92. The van der Waals surface area contributed by atoms with Crippen LogP contribution in [0.1, 0.15) is 36.7 Å². The number of hydrogen-bond donors (Lipinski definition) is 0. The lowest BCUT2D eigenvalue weighted by atomic mass is 10.1. The highest BCUT2D eigenvalue weighted by atomic mass is 32.2. The maximum atomic E-state index is 12.1. The van der Waals surface area contributed by atoms with Gasteiger partial charge in [0.2, 0.25) is 0 Å². The van der Waals surface area contributed by atoms with Gasteiger partial charge in [-0.15, -0.1) is 0 Å². The quantitative estimate of drug-likeness (QED) is 0.801. The number of carbonyl (C=O) groups excluding carboxylic acids is 1. The van der Waals surface area contributed by atoms with Crippen molar-refractivity contribution in [3.8, 4) is 0 Å². The summed E-state index contributed by atoms with van der Waals surface area (Å²) in [5, 5.41) is 4.03. The standard InChI is InChI=1S/C16H20N2O4S/c1-16(2,3)22-15(19)13-7-5-6-12(8-13)10-18-11-14(9-17-18)23(4,20)21/h5-9,11H,10H2,1-4H3. The number of carbonyl (C=O) groups is 1. The smallest absolute Gasteiger partial charge is 0.338 e. The Morgan fingerprint density at radius 2 is 2.00 bits per heavy atom. The zero-order valence-corrected chi connectivity index (χ0v) is 14.4. The molecule has 0 saturated carbocycles. The molecule has 0 unspecified atom stereocenters. The van der Waals surface area contributed by atoms with Gasteiger partial charge in [0.1, 0.15) is 10.5 Å². The Labute approximate surface area is 136 Å². The largest absolute Gasteiger partial charge is 0.456 e. The average Bonchev–Trinajstić information content (AvgIpc) is 2.85. The van der Waals surface area contributed by atoms with Crippen LogP contribution >= 0.6 is 0 Å². The van der Waals surface area contributed by atoms with Crippen LogP contribution in [0, 0.1) is 0 Å². The normalized spacial score (nSPS) is 12.2. The molecule has 2 rings (SSSR count). The minimum Gasteiger partial charge on any atom is -0.456 e. The van der Waals surface area contributed by atoms with Gasteiger partial charge in [-0.2, -0.15) is 5.10 Å². The fourth-order valence-electron chi connectivity index (χ4n) is 1.94. The van der Waals surface area contributed by atoms with Crippen LogP contribution < -0.4 is 0 Å². The summed E-state index contributed by atoms with van der Waals surface area (Å²) in [5.41, 5.74) is 0.726. The molecule has 1 aromatic carbocycles. The van der Waals surface area contributed by atoms with Crippen LogP contribution in [-0.2, 0) is 21.1 Å². The molecule has 0 radical (unpaired) electrons. The van der Waals surface area contributed by atoms with Gasteiger partial charge in [0.25, 0.3) is 0 Å². The van der Waals surface area contributed by atoms with Crippen LogP contribution in [0.3, 0.4) is 0 Å². The number of nitrogens with zero attached hydrogens (tertiary/aromatic N) is 2. The first-order valence-electron chi connectivity index (χ1n) is 7.09. The number of sulfone groups is 1. The van der Waals surface area contributed by atoms with Crippen molar-refractivity contribution >= 4 is 15.8 Å². The molecule has 0 atom stereocenters. The van der Waals surface area contributed by atoms with E-state index in [0.717, 1.165) is 11.8 Å². The Balaban J connectivity index is 2.17. The number of esters is 1. The molecule has 6 nitrogen and oxygen atoms in total. The third kappa shape index (κ3) is 4.92. The Kier molecular flexibility index (Phi) is 4.61. The van der Waals surface area contributed by atoms with Gasteiger partial charge in [-0.3, -0.25) is 4.68 Å². The molecule has 124 valence electrons. The van der Waals surface area contributed by atoms with E-state index >= 15 is 0 Å². The molecule has 0 bridgehead atoms. The first-order valence-corrected chi connectivity index (χ1v) is 8.98. The summed E-state index contributed by atoms with van der Waals surface area (Å²) in [4.78, 5) is 12.2. The second-order valence-corrected chi connectivity index (χ2v) is 8.36. The highest BCUT2D eigenvalue weighted by Gasteiger charge is 2.18. The van der Waals surface area contributed by atoms with Crippen LogP contribution in [0.15, 0.2) is 41.6 Å². The molecule has 0 aliphatic heterocycles. The summed E-state index contributed by atoms with van der Waals surface area (Å²) in [7, 11) is -3.27. The molecular formula is C16H20N2O4S. The first-order chi connectivity index (χ1) is 10.5. The Morgan fingerprint density at radius 1 is 1.30 bits per heavy atom. The highest BCUT2D eigenvalue weighted by Crippen LogP contribution is 2.14. The van der Waals surface area contributed by atoms with E-state index in [4.69, 9.17) is 4.74 Å². The van der Waals surface area contributed by atoms with E-state index in [1.807, 2.05) is 26.8 Å². The Morgan fingerprint density at radius 3 is 2.57 bits per heavy atom. The van der Waals surface area contributed by atoms with Crippen molar-refractivity contribution in [3.63, 3.8) is 0 Å². The van der Waals surface area contributed by atoms with Crippen molar-refractivity contribution in [2.45, 2.75) is 37.8 Å². The summed E-state index contributed by atoms with van der Waals surface area (Å²) in [6.45, 7) is 5.80. The van der Waals surface area contributed by atoms with Gasteiger partial charge < -0.3 is 4.74 Å². The lowest BCUT2D eigenvalue weighted by Gasteiger charge is -2.19. The van der Waals surface area contributed by atoms with Crippen molar-refractivity contribution in [3.05, 3.63) is 47.8 Å². The van der Waals surface area contributed by atoms with E-state index in [1.165, 1.54) is 17.1 Å². The van der Waals surface area contributed by atoms with Crippen LogP contribution in [0.2, 0.25) is 0 Å². The number of rotatable bonds is 4. The van der Waals surface area contributed by atoms with Crippen LogP contribution in [0.4, 0.5) is 0 Å². The molecule has 0 fully saturated rings. The predicted octanol–water partition coefficient (Wildman–Crippen LogP) is 2.29. The third-order valence-corrected chi connectivity index (χ3v) is 4.01. The average molecular weight is 336 g/mol. The fraction of sp³-hybridized carbons (Fsp3) is 0.375. The third-order valence-electron chi connectivity index (χ3n) is 2.94. The predicted molar refractivity (Wildman–Crippen MR) is 86.0 cm³/mol. The molecule has 23 heavy (non-hydrogen) atoms. The van der Waals surface area contributed by atoms with Crippen molar-refractivity contribution < 1.29 is 17.9 Å². The van der Waals surface area contributed by atoms with Crippen LogP contribution in [0.5, 0.6) is 0 Å². The van der Waals surface area contributed by atoms with Crippen molar-refractivity contribution in [1.29, 1.82) is 0 Å².